The van der Waals surface area contributed by atoms with Crippen molar-refractivity contribution in [3.8, 4) is 5.75 Å². The van der Waals surface area contributed by atoms with E-state index in [0.717, 1.165) is 17.2 Å². The molecule has 2 aromatic carbocycles. The van der Waals surface area contributed by atoms with Gasteiger partial charge in [0.15, 0.2) is 6.61 Å². The lowest BCUT2D eigenvalue weighted by molar-refractivity contribution is -0.384. The topological polar surface area (TPSA) is 111 Å². The summed E-state index contributed by atoms with van der Waals surface area (Å²) in [6.07, 6.45) is 0. The van der Waals surface area contributed by atoms with Crippen LogP contribution in [0.5, 0.6) is 5.75 Å². The first-order chi connectivity index (χ1) is 12.3. The minimum absolute atomic E-state index is 0.0223. The number of ether oxygens (including phenoxy) is 1. The van der Waals surface area contributed by atoms with Gasteiger partial charge in [-0.15, -0.1) is 0 Å². The number of hydrogen-bond donors (Lipinski definition) is 2. The first-order valence-corrected chi connectivity index (χ1v) is 7.89. The second kappa shape index (κ2) is 8.30. The molecule has 0 saturated carbocycles. The molecule has 0 fully saturated rings. The number of carbonyl (C=O) groups excluding carboxylic acids is 2. The van der Waals surface area contributed by atoms with Crippen LogP contribution in [0.3, 0.4) is 0 Å². The second-order valence-electron chi connectivity index (χ2n) is 5.43. The van der Waals surface area contributed by atoms with E-state index in [1.54, 1.807) is 0 Å². The summed E-state index contributed by atoms with van der Waals surface area (Å²) in [6, 6.07) is 9.02. The molecule has 0 aliphatic carbocycles. The molecular weight excluding hydrogens is 362 g/mol. The van der Waals surface area contributed by atoms with Gasteiger partial charge in [-0.05, 0) is 31.0 Å². The van der Waals surface area contributed by atoms with E-state index < -0.39 is 16.7 Å². The predicted octanol–water partition coefficient (Wildman–Crippen LogP) is 2.71. The lowest BCUT2D eigenvalue weighted by Gasteiger charge is -2.12. The van der Waals surface area contributed by atoms with Crippen molar-refractivity contribution in [2.45, 2.75) is 13.8 Å². The van der Waals surface area contributed by atoms with E-state index in [-0.39, 0.29) is 22.9 Å². The maximum absolute atomic E-state index is 12.1. The van der Waals surface area contributed by atoms with Crippen LogP contribution in [0.1, 0.15) is 21.5 Å². The third kappa shape index (κ3) is 4.70. The Kier molecular flexibility index (Phi) is 6.13. The molecule has 26 heavy (non-hydrogen) atoms. The summed E-state index contributed by atoms with van der Waals surface area (Å²) in [6.45, 7) is 3.40. The molecule has 0 aliphatic heterocycles. The highest BCUT2D eigenvalue weighted by molar-refractivity contribution is 6.34. The zero-order valence-electron chi connectivity index (χ0n) is 14.0. The average molecular weight is 378 g/mol. The van der Waals surface area contributed by atoms with E-state index in [1.807, 2.05) is 32.0 Å². The third-order valence-corrected chi connectivity index (χ3v) is 3.81. The fraction of sp³-hybridized carbons (Fsp3) is 0.176. The predicted molar refractivity (Wildman–Crippen MR) is 95.1 cm³/mol. The van der Waals surface area contributed by atoms with Crippen LogP contribution in [-0.4, -0.2) is 23.3 Å². The van der Waals surface area contributed by atoms with Crippen LogP contribution in [0.15, 0.2) is 36.4 Å². The lowest BCUT2D eigenvalue weighted by Crippen LogP contribution is -2.44. The number of nitro groups is 1. The molecule has 0 spiro atoms. The van der Waals surface area contributed by atoms with Crippen LogP contribution in [0, 0.1) is 24.0 Å². The van der Waals surface area contributed by atoms with Crippen molar-refractivity contribution < 1.29 is 19.2 Å². The highest BCUT2D eigenvalue weighted by atomic mass is 35.5. The Morgan fingerprint density at radius 3 is 2.42 bits per heavy atom. The molecule has 0 atom stereocenters. The molecule has 2 rings (SSSR count). The van der Waals surface area contributed by atoms with Crippen molar-refractivity contribution in [1.82, 2.24) is 10.9 Å². The summed E-state index contributed by atoms with van der Waals surface area (Å²) in [5.41, 5.74) is 5.66. The third-order valence-electron chi connectivity index (χ3n) is 3.48. The van der Waals surface area contributed by atoms with Crippen molar-refractivity contribution in [2.24, 2.45) is 0 Å². The van der Waals surface area contributed by atoms with Gasteiger partial charge in [-0.2, -0.15) is 0 Å². The molecule has 0 unspecified atom stereocenters. The fourth-order valence-electron chi connectivity index (χ4n) is 2.20. The Labute approximate surface area is 154 Å². The van der Waals surface area contributed by atoms with E-state index in [1.165, 1.54) is 12.1 Å². The van der Waals surface area contributed by atoms with Gasteiger partial charge in [-0.1, -0.05) is 29.8 Å². The Bertz CT molecular complexity index is 849. The summed E-state index contributed by atoms with van der Waals surface area (Å²) in [7, 11) is 0. The van der Waals surface area contributed by atoms with Crippen molar-refractivity contribution >= 4 is 29.1 Å². The summed E-state index contributed by atoms with van der Waals surface area (Å²) >= 11 is 5.87. The molecule has 0 saturated heterocycles. The zero-order valence-corrected chi connectivity index (χ0v) is 14.8. The molecule has 0 radical (unpaired) electrons. The molecular formula is C17H16ClN3O5. The molecule has 0 aliphatic rings. The van der Waals surface area contributed by atoms with Gasteiger partial charge in [0.1, 0.15) is 5.75 Å². The molecule has 0 heterocycles. The number of benzene rings is 2. The van der Waals surface area contributed by atoms with E-state index in [0.29, 0.717) is 5.75 Å². The molecule has 8 nitrogen and oxygen atoms in total. The molecule has 0 aromatic heterocycles. The zero-order chi connectivity index (χ0) is 19.3. The number of aryl methyl sites for hydroxylation is 2. The molecule has 9 heteroatoms. The Morgan fingerprint density at radius 2 is 1.81 bits per heavy atom. The van der Waals surface area contributed by atoms with Gasteiger partial charge < -0.3 is 4.74 Å². The van der Waals surface area contributed by atoms with Gasteiger partial charge in [0, 0.05) is 12.1 Å². The number of nitrogens with zero attached hydrogens (tertiary/aromatic N) is 1. The Hall–Kier alpha value is -3.13. The smallest absolute Gasteiger partial charge is 0.276 e. The second-order valence-corrected chi connectivity index (χ2v) is 5.84. The first kappa shape index (κ1) is 19.2. The van der Waals surface area contributed by atoms with Crippen molar-refractivity contribution in [3.63, 3.8) is 0 Å². The molecule has 136 valence electrons. The summed E-state index contributed by atoms with van der Waals surface area (Å²) in [4.78, 5) is 34.0. The Morgan fingerprint density at radius 1 is 1.15 bits per heavy atom. The Balaban J connectivity index is 1.94. The minimum atomic E-state index is -0.779. The van der Waals surface area contributed by atoms with E-state index in [2.05, 4.69) is 10.9 Å². The average Bonchev–Trinajstić information content (AvgIpc) is 2.59. The van der Waals surface area contributed by atoms with Gasteiger partial charge in [0.2, 0.25) is 0 Å². The molecule has 2 aromatic rings. The van der Waals surface area contributed by atoms with Crippen LogP contribution >= 0.6 is 11.6 Å². The number of rotatable bonds is 5. The first-order valence-electron chi connectivity index (χ1n) is 7.51. The SMILES string of the molecule is Cc1cccc(C)c1OCC(=O)NNC(=O)c1cc([N+](=O)[O-])ccc1Cl. The van der Waals surface area contributed by atoms with Gasteiger partial charge >= 0.3 is 0 Å². The van der Waals surface area contributed by atoms with E-state index in [4.69, 9.17) is 16.3 Å². The number of amides is 2. The quantitative estimate of drug-likeness (QED) is 0.614. The minimum Gasteiger partial charge on any atom is -0.483 e. The number of hydrazine groups is 1. The summed E-state index contributed by atoms with van der Waals surface area (Å²) in [5.74, 6) is -0.780. The van der Waals surface area contributed by atoms with E-state index in [9.17, 15) is 19.7 Å². The number of carbonyl (C=O) groups is 2. The monoisotopic (exact) mass is 377 g/mol. The van der Waals surface area contributed by atoms with Gasteiger partial charge in [-0.3, -0.25) is 30.6 Å². The summed E-state index contributed by atoms with van der Waals surface area (Å²) in [5, 5.41) is 10.8. The summed E-state index contributed by atoms with van der Waals surface area (Å²) < 4.78 is 5.46. The number of hydrogen-bond acceptors (Lipinski definition) is 5. The van der Waals surface area contributed by atoms with E-state index >= 15 is 0 Å². The van der Waals surface area contributed by atoms with Crippen LogP contribution in [0.25, 0.3) is 0 Å². The largest absolute Gasteiger partial charge is 0.483 e. The number of non-ortho nitro benzene ring substituents is 1. The fourth-order valence-corrected chi connectivity index (χ4v) is 2.40. The van der Waals surface area contributed by atoms with Crippen LogP contribution in [0.4, 0.5) is 5.69 Å². The highest BCUT2D eigenvalue weighted by Crippen LogP contribution is 2.22. The number of nitrogens with one attached hydrogen (secondary N) is 2. The standard InChI is InChI=1S/C17H16ClN3O5/c1-10-4-3-5-11(2)16(10)26-9-15(22)19-20-17(23)13-8-12(21(24)25)6-7-14(13)18/h3-8H,9H2,1-2H3,(H,19,22)(H,20,23). The maximum atomic E-state index is 12.1. The van der Waals surface area contributed by atoms with Gasteiger partial charge in [-0.25, -0.2) is 0 Å². The van der Waals surface area contributed by atoms with Crippen molar-refractivity contribution in [3.05, 3.63) is 68.2 Å². The highest BCUT2D eigenvalue weighted by Gasteiger charge is 2.16. The van der Waals surface area contributed by atoms with Gasteiger partial charge in [0.25, 0.3) is 17.5 Å². The van der Waals surface area contributed by atoms with Crippen molar-refractivity contribution in [1.29, 1.82) is 0 Å². The number of halogens is 1. The van der Waals surface area contributed by atoms with Crippen LogP contribution < -0.4 is 15.6 Å². The van der Waals surface area contributed by atoms with Gasteiger partial charge in [0.05, 0.1) is 15.5 Å². The van der Waals surface area contributed by atoms with Crippen LogP contribution in [-0.2, 0) is 4.79 Å². The number of nitro benzene ring substituents is 1. The molecule has 2 N–H and O–H groups in total. The normalized spacial score (nSPS) is 10.1. The van der Waals surface area contributed by atoms with Crippen LogP contribution in [0.2, 0.25) is 5.02 Å². The number of para-hydroxylation sites is 1. The molecule has 2 amide bonds. The van der Waals surface area contributed by atoms with Crippen molar-refractivity contribution in [2.75, 3.05) is 6.61 Å². The molecule has 0 bridgehead atoms. The lowest BCUT2D eigenvalue weighted by atomic mass is 10.1. The maximum Gasteiger partial charge on any atom is 0.276 e.